The summed E-state index contributed by atoms with van der Waals surface area (Å²) in [5.74, 6) is -0.0405. The number of para-hydroxylation sites is 1. The molecule has 1 aliphatic rings. The van der Waals surface area contributed by atoms with Gasteiger partial charge >= 0.3 is 6.36 Å². The Morgan fingerprint density at radius 1 is 1.19 bits per heavy atom. The smallest absolute Gasteiger partial charge is 0.422 e. The summed E-state index contributed by atoms with van der Waals surface area (Å²) in [5.41, 5.74) is 1.68. The third kappa shape index (κ3) is 7.19. The maximum atomic E-state index is 13.2. The first-order valence-electron chi connectivity index (χ1n) is 11.9. The maximum absolute atomic E-state index is 13.2. The molecular formula is C25H28ClF3N4O3. The fourth-order valence-corrected chi connectivity index (χ4v) is 4.59. The number of rotatable bonds is 10. The van der Waals surface area contributed by atoms with E-state index in [1.54, 1.807) is 18.2 Å². The van der Waals surface area contributed by atoms with E-state index in [-0.39, 0.29) is 23.7 Å². The molecule has 3 aromatic rings. The minimum atomic E-state index is -4.74. The number of fused-ring (bicyclic) bond motifs is 1. The number of aromatic nitrogens is 1. The number of oxazole rings is 1. The normalized spacial score (nSPS) is 16.0. The lowest BCUT2D eigenvalue weighted by atomic mass is 9.97. The highest BCUT2D eigenvalue weighted by atomic mass is 35.5. The quantitative estimate of drug-likeness (QED) is 0.286. The summed E-state index contributed by atoms with van der Waals surface area (Å²) < 4.78 is 46.6. The number of halogens is 4. The van der Waals surface area contributed by atoms with E-state index in [0.717, 1.165) is 25.7 Å². The van der Waals surface area contributed by atoms with Crippen molar-refractivity contribution in [3.05, 3.63) is 47.5 Å². The van der Waals surface area contributed by atoms with Crippen LogP contribution in [0.25, 0.3) is 11.1 Å². The number of alkyl halides is 3. The zero-order valence-corrected chi connectivity index (χ0v) is 20.5. The molecule has 1 saturated carbocycles. The van der Waals surface area contributed by atoms with Gasteiger partial charge in [-0.25, -0.2) is 0 Å². The number of carbonyl (C=O) groups is 1. The van der Waals surface area contributed by atoms with Gasteiger partial charge in [-0.2, -0.15) is 4.98 Å². The number of hydrogen-bond acceptors (Lipinski definition) is 6. The van der Waals surface area contributed by atoms with E-state index in [1.165, 1.54) is 24.3 Å². The van der Waals surface area contributed by atoms with Gasteiger partial charge in [0.1, 0.15) is 17.3 Å². The molecule has 0 aliphatic heterocycles. The summed E-state index contributed by atoms with van der Waals surface area (Å²) in [6, 6.07) is 10.2. The van der Waals surface area contributed by atoms with Crippen LogP contribution >= 0.6 is 11.6 Å². The molecule has 194 valence electrons. The summed E-state index contributed by atoms with van der Waals surface area (Å²) in [6.45, 7) is 2.22. The minimum absolute atomic E-state index is 0.182. The van der Waals surface area contributed by atoms with E-state index in [4.69, 9.17) is 16.0 Å². The molecule has 1 unspecified atom stereocenters. The van der Waals surface area contributed by atoms with Crippen molar-refractivity contribution in [3.8, 4) is 5.75 Å². The van der Waals surface area contributed by atoms with Crippen LogP contribution in [0.5, 0.6) is 5.75 Å². The highest BCUT2D eigenvalue weighted by Gasteiger charge is 2.31. The number of anilines is 2. The summed E-state index contributed by atoms with van der Waals surface area (Å²) >= 11 is 6.19. The molecule has 1 fully saturated rings. The standard InChI is InChI=1S/C25H28ClF3N4O3/c1-15(14-30-17-9-11-18(12-10-17)36-25(27,28)29)31-23(34)21(13-16-5-2-3-6-16)33-24-32-20-8-4-7-19(26)22(20)35-24/h4,7-12,15-16,21,30H,2-3,5-6,13-14H2,1H3,(H,31,34)(H,32,33)/t15-,21?/m0/s1. The number of carbonyl (C=O) groups excluding carboxylic acids is 1. The molecule has 0 bridgehead atoms. The molecule has 0 spiro atoms. The van der Waals surface area contributed by atoms with Crippen LogP contribution in [-0.2, 0) is 4.79 Å². The van der Waals surface area contributed by atoms with Crippen LogP contribution in [0.2, 0.25) is 5.02 Å². The molecule has 0 saturated heterocycles. The molecule has 4 rings (SSSR count). The largest absolute Gasteiger partial charge is 0.573 e. The fraction of sp³-hybridized carbons (Fsp3) is 0.440. The number of nitrogens with one attached hydrogen (secondary N) is 3. The van der Waals surface area contributed by atoms with Crippen LogP contribution in [0.1, 0.15) is 39.0 Å². The fourth-order valence-electron chi connectivity index (χ4n) is 4.38. The van der Waals surface area contributed by atoms with Crippen LogP contribution in [0.3, 0.4) is 0 Å². The Morgan fingerprint density at radius 3 is 2.58 bits per heavy atom. The second kappa shape index (κ2) is 11.3. The third-order valence-electron chi connectivity index (χ3n) is 6.11. The zero-order chi connectivity index (χ0) is 25.7. The average Bonchev–Trinajstić information content (AvgIpc) is 3.47. The highest BCUT2D eigenvalue weighted by molar-refractivity contribution is 6.34. The van der Waals surface area contributed by atoms with Crippen molar-refractivity contribution in [1.29, 1.82) is 0 Å². The van der Waals surface area contributed by atoms with Gasteiger partial charge in [-0.3, -0.25) is 4.79 Å². The van der Waals surface area contributed by atoms with Crippen molar-refractivity contribution < 1.29 is 27.1 Å². The van der Waals surface area contributed by atoms with E-state index in [1.807, 2.05) is 6.92 Å². The Hall–Kier alpha value is -3.14. The molecule has 36 heavy (non-hydrogen) atoms. The Balaban J connectivity index is 1.35. The van der Waals surface area contributed by atoms with Crippen molar-refractivity contribution in [1.82, 2.24) is 10.3 Å². The molecule has 2 atom stereocenters. The number of amides is 1. The third-order valence-corrected chi connectivity index (χ3v) is 6.41. The molecule has 1 aliphatic carbocycles. The van der Waals surface area contributed by atoms with Crippen molar-refractivity contribution in [3.63, 3.8) is 0 Å². The summed E-state index contributed by atoms with van der Waals surface area (Å²) in [6.07, 6.45) is 0.390. The molecule has 1 aromatic heterocycles. The van der Waals surface area contributed by atoms with Crippen molar-refractivity contribution >= 4 is 40.3 Å². The topological polar surface area (TPSA) is 88.4 Å². The maximum Gasteiger partial charge on any atom is 0.573 e. The zero-order valence-electron chi connectivity index (χ0n) is 19.7. The lowest BCUT2D eigenvalue weighted by Gasteiger charge is -2.23. The molecule has 1 amide bonds. The molecule has 7 nitrogen and oxygen atoms in total. The van der Waals surface area contributed by atoms with Gasteiger partial charge in [0.05, 0.1) is 5.02 Å². The van der Waals surface area contributed by atoms with Crippen LogP contribution in [-0.4, -0.2) is 35.9 Å². The minimum Gasteiger partial charge on any atom is -0.422 e. The molecular weight excluding hydrogens is 497 g/mol. The van der Waals surface area contributed by atoms with Gasteiger partial charge in [0.15, 0.2) is 5.58 Å². The molecule has 1 heterocycles. The molecule has 0 radical (unpaired) electrons. The van der Waals surface area contributed by atoms with Gasteiger partial charge in [0, 0.05) is 18.3 Å². The predicted octanol–water partition coefficient (Wildman–Crippen LogP) is 6.36. The Labute approximate surface area is 211 Å². The summed E-state index contributed by atoms with van der Waals surface area (Å²) in [4.78, 5) is 17.6. The van der Waals surface area contributed by atoms with Crippen LogP contribution < -0.4 is 20.7 Å². The Bertz CT molecular complexity index is 1160. The lowest BCUT2D eigenvalue weighted by Crippen LogP contribution is -2.46. The van der Waals surface area contributed by atoms with Gasteiger partial charge in [0.2, 0.25) is 5.91 Å². The van der Waals surface area contributed by atoms with Crippen LogP contribution in [0, 0.1) is 5.92 Å². The van der Waals surface area contributed by atoms with Crippen molar-refractivity contribution in [2.45, 2.75) is 57.5 Å². The predicted molar refractivity (Wildman–Crippen MR) is 132 cm³/mol. The van der Waals surface area contributed by atoms with Gasteiger partial charge in [-0.15, -0.1) is 13.2 Å². The van der Waals surface area contributed by atoms with E-state index in [2.05, 4.69) is 25.7 Å². The second-order valence-corrected chi connectivity index (χ2v) is 9.46. The van der Waals surface area contributed by atoms with E-state index in [9.17, 15) is 18.0 Å². The average molecular weight is 525 g/mol. The monoisotopic (exact) mass is 524 g/mol. The van der Waals surface area contributed by atoms with Crippen LogP contribution in [0.15, 0.2) is 46.9 Å². The van der Waals surface area contributed by atoms with Crippen molar-refractivity contribution in [2.75, 3.05) is 17.2 Å². The van der Waals surface area contributed by atoms with E-state index >= 15 is 0 Å². The Morgan fingerprint density at radius 2 is 1.92 bits per heavy atom. The number of hydrogen-bond donors (Lipinski definition) is 3. The second-order valence-electron chi connectivity index (χ2n) is 9.05. The number of ether oxygens (including phenoxy) is 1. The van der Waals surface area contributed by atoms with Gasteiger partial charge in [-0.05, 0) is 55.7 Å². The first-order chi connectivity index (χ1) is 17.2. The SMILES string of the molecule is C[C@@H](CNc1ccc(OC(F)(F)F)cc1)NC(=O)C(CC1CCCC1)Nc1nc2cccc(Cl)c2o1. The van der Waals surface area contributed by atoms with Crippen LogP contribution in [0.4, 0.5) is 24.9 Å². The van der Waals surface area contributed by atoms with E-state index in [0.29, 0.717) is 40.7 Å². The highest BCUT2D eigenvalue weighted by Crippen LogP contribution is 2.31. The first kappa shape index (κ1) is 25.9. The Kier molecular flexibility index (Phi) is 8.13. The summed E-state index contributed by atoms with van der Waals surface area (Å²) in [7, 11) is 0. The lowest BCUT2D eigenvalue weighted by molar-refractivity contribution is -0.274. The number of benzene rings is 2. The van der Waals surface area contributed by atoms with Crippen molar-refractivity contribution in [2.24, 2.45) is 5.92 Å². The van der Waals surface area contributed by atoms with Gasteiger partial charge in [-0.1, -0.05) is 43.4 Å². The molecule has 11 heteroatoms. The summed E-state index contributed by atoms with van der Waals surface area (Å²) in [5, 5.41) is 9.71. The first-order valence-corrected chi connectivity index (χ1v) is 12.3. The van der Waals surface area contributed by atoms with E-state index < -0.39 is 12.4 Å². The van der Waals surface area contributed by atoms with Gasteiger partial charge in [0.25, 0.3) is 6.01 Å². The van der Waals surface area contributed by atoms with Gasteiger partial charge < -0.3 is 25.1 Å². The number of nitrogens with zero attached hydrogens (tertiary/aromatic N) is 1. The molecule has 2 aromatic carbocycles. The molecule has 3 N–H and O–H groups in total.